The Morgan fingerprint density at radius 2 is 1.82 bits per heavy atom. The normalized spacial score (nSPS) is 10.4. The van der Waals surface area contributed by atoms with Crippen molar-refractivity contribution in [2.24, 2.45) is 0 Å². The van der Waals surface area contributed by atoms with Crippen LogP contribution in [0.2, 0.25) is 0 Å². The molecule has 0 bridgehead atoms. The highest BCUT2D eigenvalue weighted by Crippen LogP contribution is 2.13. The lowest BCUT2D eigenvalue weighted by molar-refractivity contribution is 0.0945. The van der Waals surface area contributed by atoms with E-state index in [4.69, 9.17) is 4.74 Å². The van der Waals surface area contributed by atoms with Gasteiger partial charge in [0.25, 0.3) is 5.91 Å². The lowest BCUT2D eigenvalue weighted by atomic mass is 10.1. The molecule has 0 aliphatic heterocycles. The highest BCUT2D eigenvalue weighted by Gasteiger charge is 2.08. The molecule has 0 atom stereocenters. The minimum atomic E-state index is -0.240. The average molecular weight is 376 g/mol. The highest BCUT2D eigenvalue weighted by molar-refractivity contribution is 5.92. The number of nitrogens with one attached hydrogen (secondary N) is 2. The zero-order chi connectivity index (χ0) is 19.8. The van der Waals surface area contributed by atoms with Crippen molar-refractivity contribution in [1.29, 1.82) is 0 Å². The van der Waals surface area contributed by atoms with Gasteiger partial charge in [0.15, 0.2) is 5.69 Å². The molecule has 6 nitrogen and oxygen atoms in total. The maximum atomic E-state index is 12.2. The minimum Gasteiger partial charge on any atom is -0.497 e. The Bertz CT molecular complexity index is 909. The van der Waals surface area contributed by atoms with Crippen LogP contribution in [0.15, 0.2) is 60.7 Å². The molecule has 144 valence electrons. The summed E-state index contributed by atoms with van der Waals surface area (Å²) < 4.78 is 5.23. The number of ether oxygens (including phenoxy) is 1. The standard InChI is InChI=1S/C22H24N4O2/c1-16-6-8-18(9-7-16)15-24-22(27)20-10-11-21(26-25-20)23-13-12-17-4-3-5-19(14-17)28-2/h3-11,14H,12-13,15H2,1-2H3,(H,23,26)(H,24,27). The minimum absolute atomic E-state index is 0.240. The van der Waals surface area contributed by atoms with Crippen LogP contribution in [0.25, 0.3) is 0 Å². The van der Waals surface area contributed by atoms with E-state index in [-0.39, 0.29) is 5.91 Å². The van der Waals surface area contributed by atoms with E-state index in [0.29, 0.717) is 24.6 Å². The van der Waals surface area contributed by atoms with Crippen LogP contribution in [-0.2, 0) is 13.0 Å². The maximum absolute atomic E-state index is 12.2. The van der Waals surface area contributed by atoms with Gasteiger partial charge in [0.2, 0.25) is 0 Å². The number of benzene rings is 2. The average Bonchev–Trinajstić information content (AvgIpc) is 2.74. The monoisotopic (exact) mass is 376 g/mol. The van der Waals surface area contributed by atoms with Crippen LogP contribution >= 0.6 is 0 Å². The van der Waals surface area contributed by atoms with Crippen molar-refractivity contribution in [3.8, 4) is 5.75 Å². The number of aryl methyl sites for hydroxylation is 1. The number of amides is 1. The number of methoxy groups -OCH3 is 1. The number of anilines is 1. The van der Waals surface area contributed by atoms with Gasteiger partial charge in [-0.2, -0.15) is 0 Å². The Hall–Kier alpha value is -3.41. The molecule has 0 spiro atoms. The van der Waals surface area contributed by atoms with E-state index in [2.05, 4.69) is 26.9 Å². The molecule has 0 radical (unpaired) electrons. The Labute approximate surface area is 165 Å². The van der Waals surface area contributed by atoms with Gasteiger partial charge >= 0.3 is 0 Å². The summed E-state index contributed by atoms with van der Waals surface area (Å²) in [6.45, 7) is 3.20. The van der Waals surface area contributed by atoms with Crippen LogP contribution in [0.4, 0.5) is 5.82 Å². The molecule has 2 N–H and O–H groups in total. The van der Waals surface area contributed by atoms with Crippen molar-refractivity contribution in [2.45, 2.75) is 19.9 Å². The first-order valence-electron chi connectivity index (χ1n) is 9.18. The van der Waals surface area contributed by atoms with Gasteiger partial charge in [-0.05, 0) is 48.7 Å². The molecular weight excluding hydrogens is 352 g/mol. The molecular formula is C22H24N4O2. The Kier molecular flexibility index (Phi) is 6.57. The van der Waals surface area contributed by atoms with Crippen LogP contribution in [0.1, 0.15) is 27.2 Å². The van der Waals surface area contributed by atoms with Gasteiger partial charge in [-0.15, -0.1) is 10.2 Å². The predicted octanol–water partition coefficient (Wildman–Crippen LogP) is 3.38. The molecule has 0 saturated heterocycles. The highest BCUT2D eigenvalue weighted by atomic mass is 16.5. The molecule has 0 aliphatic carbocycles. The van der Waals surface area contributed by atoms with E-state index >= 15 is 0 Å². The Morgan fingerprint density at radius 1 is 1.00 bits per heavy atom. The number of hydrogen-bond acceptors (Lipinski definition) is 5. The van der Waals surface area contributed by atoms with Crippen molar-refractivity contribution >= 4 is 11.7 Å². The maximum Gasteiger partial charge on any atom is 0.272 e. The van der Waals surface area contributed by atoms with Crippen LogP contribution in [0, 0.1) is 6.92 Å². The molecule has 1 heterocycles. The molecule has 0 aliphatic rings. The largest absolute Gasteiger partial charge is 0.497 e. The van der Waals surface area contributed by atoms with Crippen molar-refractivity contribution in [1.82, 2.24) is 15.5 Å². The number of rotatable bonds is 8. The quantitative estimate of drug-likeness (QED) is 0.630. The van der Waals surface area contributed by atoms with Crippen LogP contribution in [0.5, 0.6) is 5.75 Å². The molecule has 2 aromatic carbocycles. The molecule has 3 rings (SSSR count). The Balaban J connectivity index is 1.47. The van der Waals surface area contributed by atoms with Gasteiger partial charge in [0, 0.05) is 13.1 Å². The van der Waals surface area contributed by atoms with E-state index in [9.17, 15) is 4.79 Å². The predicted molar refractivity (Wildman–Crippen MR) is 110 cm³/mol. The first kappa shape index (κ1) is 19.4. The molecule has 28 heavy (non-hydrogen) atoms. The van der Waals surface area contributed by atoms with Crippen molar-refractivity contribution in [2.75, 3.05) is 19.0 Å². The van der Waals surface area contributed by atoms with Gasteiger partial charge in [0.05, 0.1) is 7.11 Å². The fourth-order valence-electron chi connectivity index (χ4n) is 2.69. The lowest BCUT2D eigenvalue weighted by Gasteiger charge is -2.08. The third-order valence-corrected chi connectivity index (χ3v) is 4.32. The summed E-state index contributed by atoms with van der Waals surface area (Å²) in [6, 6.07) is 19.4. The summed E-state index contributed by atoms with van der Waals surface area (Å²) in [6.07, 6.45) is 0.831. The third kappa shape index (κ3) is 5.54. The van der Waals surface area contributed by atoms with E-state index in [1.165, 1.54) is 11.1 Å². The number of carbonyl (C=O) groups excluding carboxylic acids is 1. The van der Waals surface area contributed by atoms with Crippen molar-refractivity contribution in [3.05, 3.63) is 83.0 Å². The molecule has 0 fully saturated rings. The second-order valence-electron chi connectivity index (χ2n) is 6.50. The zero-order valence-corrected chi connectivity index (χ0v) is 16.1. The lowest BCUT2D eigenvalue weighted by Crippen LogP contribution is -2.24. The molecule has 0 saturated carbocycles. The summed E-state index contributed by atoms with van der Waals surface area (Å²) in [5, 5.41) is 14.2. The van der Waals surface area contributed by atoms with Crippen molar-refractivity contribution in [3.63, 3.8) is 0 Å². The van der Waals surface area contributed by atoms with Crippen LogP contribution < -0.4 is 15.4 Å². The first-order chi connectivity index (χ1) is 13.6. The molecule has 1 amide bonds. The fraction of sp³-hybridized carbons (Fsp3) is 0.227. The van der Waals surface area contributed by atoms with E-state index in [1.807, 2.05) is 49.4 Å². The van der Waals surface area contributed by atoms with E-state index in [0.717, 1.165) is 17.7 Å². The summed E-state index contributed by atoms with van der Waals surface area (Å²) >= 11 is 0. The summed E-state index contributed by atoms with van der Waals surface area (Å²) in [4.78, 5) is 12.2. The number of carbonyl (C=O) groups is 1. The van der Waals surface area contributed by atoms with Crippen LogP contribution in [0.3, 0.4) is 0 Å². The zero-order valence-electron chi connectivity index (χ0n) is 16.1. The SMILES string of the molecule is COc1cccc(CCNc2ccc(C(=O)NCc3ccc(C)cc3)nn2)c1. The molecule has 0 unspecified atom stereocenters. The van der Waals surface area contributed by atoms with Gasteiger partial charge in [-0.3, -0.25) is 4.79 Å². The fourth-order valence-corrected chi connectivity index (χ4v) is 2.69. The second kappa shape index (κ2) is 9.50. The van der Waals surface area contributed by atoms with Gasteiger partial charge in [-0.25, -0.2) is 0 Å². The van der Waals surface area contributed by atoms with Crippen molar-refractivity contribution < 1.29 is 9.53 Å². The van der Waals surface area contributed by atoms with Gasteiger partial charge in [0.1, 0.15) is 11.6 Å². The first-order valence-corrected chi connectivity index (χ1v) is 9.18. The summed E-state index contributed by atoms with van der Waals surface area (Å²) in [5.74, 6) is 1.24. The van der Waals surface area contributed by atoms with E-state index < -0.39 is 0 Å². The summed E-state index contributed by atoms with van der Waals surface area (Å²) in [7, 11) is 1.66. The van der Waals surface area contributed by atoms with Crippen LogP contribution in [-0.4, -0.2) is 29.8 Å². The number of nitrogens with zero attached hydrogens (tertiary/aromatic N) is 2. The smallest absolute Gasteiger partial charge is 0.272 e. The molecule has 3 aromatic rings. The number of hydrogen-bond donors (Lipinski definition) is 2. The van der Waals surface area contributed by atoms with Gasteiger partial charge in [-0.1, -0.05) is 42.0 Å². The summed E-state index contributed by atoms with van der Waals surface area (Å²) in [5.41, 5.74) is 3.70. The third-order valence-electron chi connectivity index (χ3n) is 4.32. The Morgan fingerprint density at radius 3 is 2.54 bits per heavy atom. The molecule has 1 aromatic heterocycles. The topological polar surface area (TPSA) is 76.1 Å². The second-order valence-corrected chi connectivity index (χ2v) is 6.50. The van der Waals surface area contributed by atoms with E-state index in [1.54, 1.807) is 19.2 Å². The number of aromatic nitrogens is 2. The molecule has 6 heteroatoms. The van der Waals surface area contributed by atoms with Gasteiger partial charge < -0.3 is 15.4 Å².